The first-order valence-corrected chi connectivity index (χ1v) is 17.9. The lowest BCUT2D eigenvalue weighted by Crippen LogP contribution is -2.09. The van der Waals surface area contributed by atoms with Crippen LogP contribution in [0.3, 0.4) is 0 Å². The van der Waals surface area contributed by atoms with Crippen molar-refractivity contribution in [1.29, 1.82) is 0 Å². The van der Waals surface area contributed by atoms with Crippen LogP contribution in [0.2, 0.25) is 0 Å². The van der Waals surface area contributed by atoms with Crippen molar-refractivity contribution in [2.45, 2.75) is 13.8 Å². The lowest BCUT2D eigenvalue weighted by atomic mass is 10.0. The Labute approximate surface area is 305 Å². The lowest BCUT2D eigenvalue weighted by Gasteiger charge is -2.26. The first-order valence-electron chi connectivity index (χ1n) is 17.9. The second kappa shape index (κ2) is 13.2. The van der Waals surface area contributed by atoms with E-state index in [2.05, 4.69) is 217 Å². The molecule has 0 bridgehead atoms. The third-order valence-corrected chi connectivity index (χ3v) is 10.1. The highest BCUT2D eigenvalue weighted by atomic mass is 15.1. The Morgan fingerprint density at radius 2 is 0.731 bits per heavy atom. The zero-order chi connectivity index (χ0) is 35.0. The molecule has 0 fully saturated rings. The molecule has 1 aromatic heterocycles. The molecular weight excluding hydrogens is 629 g/mol. The normalized spacial score (nSPS) is 11.3. The zero-order valence-electron chi connectivity index (χ0n) is 29.4. The molecule has 0 aliphatic carbocycles. The number of hydrogen-bond donors (Lipinski definition) is 0. The molecule has 9 aromatic rings. The van der Waals surface area contributed by atoms with Crippen LogP contribution in [0.4, 0.5) is 17.1 Å². The molecule has 248 valence electrons. The SMILES string of the molecule is Cc1cc(C)cc(-n2c3ccccc3c3cc(-c4ccc(N(c5ccc(-c6ccccc6)cc5)c5ccc(-c6ccccc6)cc5)cc4)ccc32)c1. The van der Waals surface area contributed by atoms with Crippen molar-refractivity contribution in [3.05, 3.63) is 205 Å². The fourth-order valence-corrected chi connectivity index (χ4v) is 7.63. The van der Waals surface area contributed by atoms with Gasteiger partial charge in [0.2, 0.25) is 0 Å². The smallest absolute Gasteiger partial charge is 0.0541 e. The number of hydrogen-bond acceptors (Lipinski definition) is 1. The summed E-state index contributed by atoms with van der Waals surface area (Å²) in [7, 11) is 0. The molecule has 0 amide bonds. The van der Waals surface area contributed by atoms with Gasteiger partial charge in [0.15, 0.2) is 0 Å². The Bertz CT molecular complexity index is 2550. The number of rotatable bonds is 7. The number of nitrogens with zero attached hydrogens (tertiary/aromatic N) is 2. The Hall–Kier alpha value is -6.64. The molecule has 2 heteroatoms. The summed E-state index contributed by atoms with van der Waals surface area (Å²) >= 11 is 0. The van der Waals surface area contributed by atoms with Gasteiger partial charge in [-0.15, -0.1) is 0 Å². The van der Waals surface area contributed by atoms with E-state index in [9.17, 15) is 0 Å². The summed E-state index contributed by atoms with van der Waals surface area (Å²) in [5.41, 5.74) is 16.7. The van der Waals surface area contributed by atoms with Crippen molar-refractivity contribution in [2.24, 2.45) is 0 Å². The van der Waals surface area contributed by atoms with E-state index in [-0.39, 0.29) is 0 Å². The van der Waals surface area contributed by atoms with Crippen LogP contribution >= 0.6 is 0 Å². The highest BCUT2D eigenvalue weighted by molar-refractivity contribution is 6.10. The number of anilines is 3. The van der Waals surface area contributed by atoms with Crippen LogP contribution in [0, 0.1) is 13.8 Å². The maximum Gasteiger partial charge on any atom is 0.0541 e. The minimum Gasteiger partial charge on any atom is -0.311 e. The molecule has 0 saturated heterocycles. The first-order chi connectivity index (χ1) is 25.6. The molecule has 8 aromatic carbocycles. The van der Waals surface area contributed by atoms with Crippen molar-refractivity contribution < 1.29 is 0 Å². The predicted octanol–water partition coefficient (Wildman–Crippen LogP) is 13.9. The van der Waals surface area contributed by atoms with E-state index in [0.29, 0.717) is 0 Å². The minimum atomic E-state index is 1.11. The topological polar surface area (TPSA) is 8.17 Å². The second-order valence-electron chi connectivity index (χ2n) is 13.6. The monoisotopic (exact) mass is 666 g/mol. The lowest BCUT2D eigenvalue weighted by molar-refractivity contribution is 1.16. The van der Waals surface area contributed by atoms with Gasteiger partial charge in [0.05, 0.1) is 11.0 Å². The van der Waals surface area contributed by atoms with Crippen molar-refractivity contribution >= 4 is 38.9 Å². The average molecular weight is 667 g/mol. The predicted molar refractivity (Wildman–Crippen MR) is 221 cm³/mol. The van der Waals surface area contributed by atoms with Crippen molar-refractivity contribution in [3.8, 4) is 39.1 Å². The van der Waals surface area contributed by atoms with Crippen LogP contribution < -0.4 is 4.90 Å². The maximum atomic E-state index is 2.40. The summed E-state index contributed by atoms with van der Waals surface area (Å²) in [4.78, 5) is 2.34. The van der Waals surface area contributed by atoms with Crippen LogP contribution in [-0.4, -0.2) is 4.57 Å². The molecule has 0 spiro atoms. The molecule has 0 saturated carbocycles. The summed E-state index contributed by atoms with van der Waals surface area (Å²) in [5, 5.41) is 2.52. The fourth-order valence-electron chi connectivity index (χ4n) is 7.63. The standard InChI is InChI=1S/C50H38N2/c1-35-31-36(2)33-46(32-35)52-49-16-10-9-15-47(49)48-34-42(23-30-50(48)52)41-21-28-45(29-22-41)51(43-24-17-39(18-25-43)37-11-5-3-6-12-37)44-26-19-40(20-27-44)38-13-7-4-8-14-38/h3-34H,1-2H3. The molecule has 1 heterocycles. The Morgan fingerprint density at radius 1 is 0.327 bits per heavy atom. The van der Waals surface area contributed by atoms with Crippen LogP contribution in [0.5, 0.6) is 0 Å². The van der Waals surface area contributed by atoms with E-state index in [4.69, 9.17) is 0 Å². The molecular formula is C50H38N2. The highest BCUT2D eigenvalue weighted by Gasteiger charge is 2.16. The first kappa shape index (κ1) is 31.3. The minimum absolute atomic E-state index is 1.11. The van der Waals surface area contributed by atoms with E-state index in [1.807, 2.05) is 0 Å². The van der Waals surface area contributed by atoms with Crippen LogP contribution in [0.15, 0.2) is 194 Å². The van der Waals surface area contributed by atoms with E-state index in [1.54, 1.807) is 0 Å². The Balaban J connectivity index is 1.10. The number of benzene rings is 8. The number of para-hydroxylation sites is 1. The molecule has 0 aliphatic rings. The molecule has 2 nitrogen and oxygen atoms in total. The number of aryl methyl sites for hydroxylation is 2. The van der Waals surface area contributed by atoms with Crippen LogP contribution in [-0.2, 0) is 0 Å². The molecule has 0 radical (unpaired) electrons. The van der Waals surface area contributed by atoms with Gasteiger partial charge in [-0.05, 0) is 125 Å². The van der Waals surface area contributed by atoms with Crippen molar-refractivity contribution in [3.63, 3.8) is 0 Å². The van der Waals surface area contributed by atoms with Gasteiger partial charge in [-0.25, -0.2) is 0 Å². The van der Waals surface area contributed by atoms with Gasteiger partial charge < -0.3 is 9.47 Å². The van der Waals surface area contributed by atoms with Crippen LogP contribution in [0.25, 0.3) is 60.9 Å². The van der Waals surface area contributed by atoms with Gasteiger partial charge in [0.1, 0.15) is 0 Å². The number of aromatic nitrogens is 1. The Kier molecular flexibility index (Phi) is 7.98. The average Bonchev–Trinajstić information content (AvgIpc) is 3.53. The largest absolute Gasteiger partial charge is 0.311 e. The quantitative estimate of drug-likeness (QED) is 0.164. The summed E-state index contributed by atoms with van der Waals surface area (Å²) in [6.45, 7) is 4.35. The second-order valence-corrected chi connectivity index (χ2v) is 13.6. The highest BCUT2D eigenvalue weighted by Crippen LogP contribution is 2.39. The van der Waals surface area contributed by atoms with Gasteiger partial charge in [-0.3, -0.25) is 0 Å². The molecule has 0 N–H and O–H groups in total. The van der Waals surface area contributed by atoms with Gasteiger partial charge in [0, 0.05) is 33.5 Å². The summed E-state index contributed by atoms with van der Waals surface area (Å²) in [6.07, 6.45) is 0. The van der Waals surface area contributed by atoms with E-state index < -0.39 is 0 Å². The molecule has 0 aliphatic heterocycles. The van der Waals surface area contributed by atoms with E-state index in [1.165, 1.54) is 72.0 Å². The fraction of sp³-hybridized carbons (Fsp3) is 0.0400. The third kappa shape index (κ3) is 5.85. The summed E-state index contributed by atoms with van der Waals surface area (Å²) in [5.74, 6) is 0. The third-order valence-electron chi connectivity index (χ3n) is 10.1. The maximum absolute atomic E-state index is 2.40. The molecule has 0 atom stereocenters. The molecule has 9 rings (SSSR count). The summed E-state index contributed by atoms with van der Waals surface area (Å²) < 4.78 is 2.40. The van der Waals surface area contributed by atoms with Gasteiger partial charge in [-0.2, -0.15) is 0 Å². The molecule has 52 heavy (non-hydrogen) atoms. The summed E-state index contributed by atoms with van der Waals surface area (Å²) in [6, 6.07) is 70.3. The van der Waals surface area contributed by atoms with Gasteiger partial charge in [0.25, 0.3) is 0 Å². The van der Waals surface area contributed by atoms with Crippen molar-refractivity contribution in [1.82, 2.24) is 4.57 Å². The van der Waals surface area contributed by atoms with E-state index in [0.717, 1.165) is 17.1 Å². The van der Waals surface area contributed by atoms with Gasteiger partial charge in [-0.1, -0.05) is 127 Å². The van der Waals surface area contributed by atoms with Gasteiger partial charge >= 0.3 is 0 Å². The molecule has 0 unspecified atom stereocenters. The number of fused-ring (bicyclic) bond motifs is 3. The van der Waals surface area contributed by atoms with E-state index >= 15 is 0 Å². The van der Waals surface area contributed by atoms with Crippen LogP contribution in [0.1, 0.15) is 11.1 Å². The van der Waals surface area contributed by atoms with Crippen molar-refractivity contribution in [2.75, 3.05) is 4.90 Å². The Morgan fingerprint density at radius 3 is 1.25 bits per heavy atom. The zero-order valence-corrected chi connectivity index (χ0v) is 29.4.